The third kappa shape index (κ3) is 3.82. The monoisotopic (exact) mass is 314 g/mol. The lowest BCUT2D eigenvalue weighted by molar-refractivity contribution is -0.126. The van der Waals surface area contributed by atoms with Crippen molar-refractivity contribution in [2.45, 2.75) is 37.5 Å². The van der Waals surface area contributed by atoms with Crippen LogP contribution in [0.2, 0.25) is 0 Å². The molecule has 1 aliphatic heterocycles. The Balaban J connectivity index is 1.87. The van der Waals surface area contributed by atoms with Crippen LogP contribution in [0.3, 0.4) is 0 Å². The van der Waals surface area contributed by atoms with Crippen molar-refractivity contribution in [3.63, 3.8) is 0 Å². The van der Waals surface area contributed by atoms with Gasteiger partial charge in [0.2, 0.25) is 15.9 Å². The minimum Gasteiger partial charge on any atom is -0.356 e. The SMILES string of the molecule is CCCCNC(=O)C1CCN(S(=O)(=O)c2cn[nH]c2)CC1. The average Bonchev–Trinajstić information content (AvgIpc) is 3.02. The van der Waals surface area contributed by atoms with E-state index in [4.69, 9.17) is 0 Å². The van der Waals surface area contributed by atoms with Gasteiger partial charge in [-0.2, -0.15) is 9.40 Å². The molecule has 7 nitrogen and oxygen atoms in total. The number of unbranched alkanes of at least 4 members (excludes halogenated alkanes) is 1. The van der Waals surface area contributed by atoms with Gasteiger partial charge in [0.05, 0.1) is 6.20 Å². The van der Waals surface area contributed by atoms with Crippen molar-refractivity contribution in [3.8, 4) is 0 Å². The molecule has 1 amide bonds. The summed E-state index contributed by atoms with van der Waals surface area (Å²) in [6.45, 7) is 3.52. The minimum atomic E-state index is -3.48. The predicted molar refractivity (Wildman–Crippen MR) is 78.0 cm³/mol. The fraction of sp³-hybridized carbons (Fsp3) is 0.692. The van der Waals surface area contributed by atoms with E-state index in [2.05, 4.69) is 22.4 Å². The number of aromatic nitrogens is 2. The van der Waals surface area contributed by atoms with Crippen molar-refractivity contribution < 1.29 is 13.2 Å². The average molecular weight is 314 g/mol. The molecule has 1 aromatic rings. The number of amides is 1. The highest BCUT2D eigenvalue weighted by atomic mass is 32.2. The summed E-state index contributed by atoms with van der Waals surface area (Å²) < 4.78 is 26.0. The zero-order chi connectivity index (χ0) is 15.3. The Kier molecular flexibility index (Phi) is 5.35. The van der Waals surface area contributed by atoms with E-state index < -0.39 is 10.0 Å². The second kappa shape index (κ2) is 7.04. The Hall–Kier alpha value is -1.41. The molecule has 0 unspecified atom stereocenters. The number of aromatic amines is 1. The van der Waals surface area contributed by atoms with Crippen LogP contribution in [-0.2, 0) is 14.8 Å². The Morgan fingerprint density at radius 2 is 2.19 bits per heavy atom. The summed E-state index contributed by atoms with van der Waals surface area (Å²) in [6, 6.07) is 0. The fourth-order valence-corrected chi connectivity index (χ4v) is 3.80. The van der Waals surface area contributed by atoms with Crippen molar-refractivity contribution in [3.05, 3.63) is 12.4 Å². The predicted octanol–water partition coefficient (Wildman–Crippen LogP) is 0.727. The van der Waals surface area contributed by atoms with Crippen LogP contribution in [0.1, 0.15) is 32.6 Å². The van der Waals surface area contributed by atoms with E-state index in [1.807, 2.05) is 0 Å². The van der Waals surface area contributed by atoms with Crippen LogP contribution in [0, 0.1) is 5.92 Å². The molecule has 0 bridgehead atoms. The number of piperidine rings is 1. The summed E-state index contributed by atoms with van der Waals surface area (Å²) >= 11 is 0. The van der Waals surface area contributed by atoms with Crippen LogP contribution < -0.4 is 5.32 Å². The highest BCUT2D eigenvalue weighted by molar-refractivity contribution is 7.89. The van der Waals surface area contributed by atoms with Crippen LogP contribution in [0.5, 0.6) is 0 Å². The summed E-state index contributed by atoms with van der Waals surface area (Å²) in [5.41, 5.74) is 0. The van der Waals surface area contributed by atoms with Gasteiger partial charge in [-0.1, -0.05) is 13.3 Å². The van der Waals surface area contributed by atoms with Crippen molar-refractivity contribution in [1.82, 2.24) is 19.8 Å². The van der Waals surface area contributed by atoms with Gasteiger partial charge in [-0.05, 0) is 19.3 Å². The number of hydrogen-bond donors (Lipinski definition) is 2. The molecule has 0 saturated carbocycles. The molecule has 2 rings (SSSR count). The largest absolute Gasteiger partial charge is 0.356 e. The van der Waals surface area contributed by atoms with Gasteiger partial charge in [0.1, 0.15) is 4.90 Å². The third-order valence-electron chi connectivity index (χ3n) is 3.77. The molecule has 0 aromatic carbocycles. The van der Waals surface area contributed by atoms with Gasteiger partial charge >= 0.3 is 0 Å². The molecule has 2 N–H and O–H groups in total. The molecule has 2 heterocycles. The van der Waals surface area contributed by atoms with E-state index in [1.54, 1.807) is 0 Å². The van der Waals surface area contributed by atoms with E-state index in [9.17, 15) is 13.2 Å². The number of sulfonamides is 1. The lowest BCUT2D eigenvalue weighted by Crippen LogP contribution is -2.43. The highest BCUT2D eigenvalue weighted by Gasteiger charge is 2.32. The molecule has 21 heavy (non-hydrogen) atoms. The minimum absolute atomic E-state index is 0.0452. The van der Waals surface area contributed by atoms with Gasteiger partial charge in [-0.3, -0.25) is 9.89 Å². The molecule has 1 aliphatic rings. The second-order valence-electron chi connectivity index (χ2n) is 5.26. The third-order valence-corrected chi connectivity index (χ3v) is 5.63. The van der Waals surface area contributed by atoms with Gasteiger partial charge in [0.25, 0.3) is 0 Å². The molecule has 118 valence electrons. The molecule has 0 atom stereocenters. The number of H-pyrrole nitrogens is 1. The van der Waals surface area contributed by atoms with Crippen molar-refractivity contribution >= 4 is 15.9 Å². The van der Waals surface area contributed by atoms with Gasteiger partial charge in [-0.15, -0.1) is 0 Å². The number of carbonyl (C=O) groups excluding carboxylic acids is 1. The van der Waals surface area contributed by atoms with E-state index in [0.717, 1.165) is 12.8 Å². The number of rotatable bonds is 6. The zero-order valence-electron chi connectivity index (χ0n) is 12.2. The summed E-state index contributed by atoms with van der Waals surface area (Å²) in [4.78, 5) is 12.1. The molecular formula is C13H22N4O3S. The molecule has 1 saturated heterocycles. The number of carbonyl (C=O) groups is 1. The van der Waals surface area contributed by atoms with Crippen LogP contribution in [0.25, 0.3) is 0 Å². The van der Waals surface area contributed by atoms with E-state index >= 15 is 0 Å². The maximum atomic E-state index is 12.3. The maximum absolute atomic E-state index is 12.3. The molecule has 0 aliphatic carbocycles. The van der Waals surface area contributed by atoms with E-state index in [1.165, 1.54) is 16.7 Å². The zero-order valence-corrected chi connectivity index (χ0v) is 13.0. The Bertz CT molecular complexity index is 548. The van der Waals surface area contributed by atoms with Crippen LogP contribution >= 0.6 is 0 Å². The topological polar surface area (TPSA) is 95.2 Å². The summed E-state index contributed by atoms with van der Waals surface area (Å²) in [5.74, 6) is -0.0403. The molecule has 0 radical (unpaired) electrons. The van der Waals surface area contributed by atoms with Gasteiger partial charge in [0.15, 0.2) is 0 Å². The van der Waals surface area contributed by atoms with Crippen LogP contribution in [0.4, 0.5) is 0 Å². The van der Waals surface area contributed by atoms with Crippen molar-refractivity contribution in [2.24, 2.45) is 5.92 Å². The Morgan fingerprint density at radius 1 is 1.48 bits per heavy atom. The molecule has 0 spiro atoms. The highest BCUT2D eigenvalue weighted by Crippen LogP contribution is 2.23. The molecule has 1 aromatic heterocycles. The first-order valence-electron chi connectivity index (χ1n) is 7.32. The Labute approximate surface area is 125 Å². The van der Waals surface area contributed by atoms with Gasteiger partial charge < -0.3 is 5.32 Å². The lowest BCUT2D eigenvalue weighted by Gasteiger charge is -2.30. The molecule has 8 heteroatoms. The van der Waals surface area contributed by atoms with E-state index in [0.29, 0.717) is 32.5 Å². The van der Waals surface area contributed by atoms with E-state index in [-0.39, 0.29) is 16.7 Å². The number of nitrogens with zero attached hydrogens (tertiary/aromatic N) is 2. The first kappa shape index (κ1) is 16.0. The number of hydrogen-bond acceptors (Lipinski definition) is 4. The normalized spacial score (nSPS) is 17.8. The molecule has 1 fully saturated rings. The van der Waals surface area contributed by atoms with Crippen LogP contribution in [-0.4, -0.2) is 48.5 Å². The fourth-order valence-electron chi connectivity index (χ4n) is 2.42. The quantitative estimate of drug-likeness (QED) is 0.757. The first-order valence-corrected chi connectivity index (χ1v) is 8.76. The maximum Gasteiger partial charge on any atom is 0.246 e. The first-order chi connectivity index (χ1) is 10.1. The smallest absolute Gasteiger partial charge is 0.246 e. The number of nitrogens with one attached hydrogen (secondary N) is 2. The Morgan fingerprint density at radius 3 is 2.76 bits per heavy atom. The van der Waals surface area contributed by atoms with Crippen LogP contribution in [0.15, 0.2) is 17.3 Å². The van der Waals surface area contributed by atoms with Gasteiger partial charge in [-0.25, -0.2) is 8.42 Å². The lowest BCUT2D eigenvalue weighted by atomic mass is 9.97. The molecular weight excluding hydrogens is 292 g/mol. The summed E-state index contributed by atoms with van der Waals surface area (Å²) in [5, 5.41) is 9.10. The van der Waals surface area contributed by atoms with Crippen molar-refractivity contribution in [1.29, 1.82) is 0 Å². The summed E-state index contributed by atoms with van der Waals surface area (Å²) in [6.07, 6.45) is 5.82. The van der Waals surface area contributed by atoms with Gasteiger partial charge in [0, 0.05) is 31.7 Å². The summed E-state index contributed by atoms with van der Waals surface area (Å²) in [7, 11) is -3.48. The van der Waals surface area contributed by atoms with Crippen molar-refractivity contribution in [2.75, 3.05) is 19.6 Å². The second-order valence-corrected chi connectivity index (χ2v) is 7.19. The standard InChI is InChI=1S/C13H22N4O3S/c1-2-3-6-14-13(18)11-4-7-17(8-5-11)21(19,20)12-9-15-16-10-12/h9-11H,2-8H2,1H3,(H,14,18)(H,15,16).